The molecule has 3 aromatic rings. The van der Waals surface area contributed by atoms with Gasteiger partial charge in [-0.25, -0.2) is 0 Å². The smallest absolute Gasteiger partial charge is 0.261 e. The number of benzene rings is 1. The molecule has 3 rings (SSSR count). The van der Waals surface area contributed by atoms with E-state index in [1.54, 1.807) is 55.7 Å². The van der Waals surface area contributed by atoms with Crippen molar-refractivity contribution in [1.82, 2.24) is 10.1 Å². The lowest BCUT2D eigenvalue weighted by Crippen LogP contribution is -2.15. The Kier molecular flexibility index (Phi) is 5.30. The standard InChI is InChI=1S/C20H20N4O3/c1-12(2)18-17(13(3)24-27-18)20(26)23-16-6-4-5-15(11-16)22-19(25)14-7-9-21-10-8-14/h4-12H,1-3H3,(H,22,25)(H,23,26). The Morgan fingerprint density at radius 1 is 1.00 bits per heavy atom. The number of nitrogens with one attached hydrogen (secondary N) is 2. The zero-order valence-electron chi connectivity index (χ0n) is 15.3. The Labute approximate surface area is 156 Å². The molecule has 2 heterocycles. The van der Waals surface area contributed by atoms with Crippen LogP contribution in [-0.2, 0) is 0 Å². The van der Waals surface area contributed by atoms with Gasteiger partial charge in [0.15, 0.2) is 5.76 Å². The summed E-state index contributed by atoms with van der Waals surface area (Å²) in [5.74, 6) is 0.0398. The number of pyridine rings is 1. The number of aromatic nitrogens is 2. The number of carbonyl (C=O) groups is 2. The van der Waals surface area contributed by atoms with E-state index in [0.717, 1.165) is 0 Å². The molecule has 0 aliphatic carbocycles. The third-order valence-corrected chi connectivity index (χ3v) is 3.96. The van der Waals surface area contributed by atoms with E-state index in [1.807, 2.05) is 13.8 Å². The molecule has 0 aliphatic rings. The summed E-state index contributed by atoms with van der Waals surface area (Å²) in [7, 11) is 0. The second kappa shape index (κ2) is 7.82. The molecule has 0 unspecified atom stereocenters. The Bertz CT molecular complexity index is 964. The van der Waals surface area contributed by atoms with Crippen LogP contribution >= 0.6 is 0 Å². The minimum atomic E-state index is -0.296. The monoisotopic (exact) mass is 364 g/mol. The van der Waals surface area contributed by atoms with Crippen molar-refractivity contribution in [2.24, 2.45) is 0 Å². The van der Waals surface area contributed by atoms with Gasteiger partial charge in [-0.1, -0.05) is 25.1 Å². The first kappa shape index (κ1) is 18.3. The van der Waals surface area contributed by atoms with Crippen LogP contribution in [0.5, 0.6) is 0 Å². The lowest BCUT2D eigenvalue weighted by Gasteiger charge is -2.10. The Morgan fingerprint density at radius 2 is 1.63 bits per heavy atom. The van der Waals surface area contributed by atoms with Gasteiger partial charge < -0.3 is 15.2 Å². The van der Waals surface area contributed by atoms with E-state index in [9.17, 15) is 9.59 Å². The number of anilines is 2. The van der Waals surface area contributed by atoms with Crippen LogP contribution in [0, 0.1) is 6.92 Å². The number of rotatable bonds is 5. The fraction of sp³-hybridized carbons (Fsp3) is 0.200. The number of hydrogen-bond donors (Lipinski definition) is 2. The van der Waals surface area contributed by atoms with Crippen molar-refractivity contribution >= 4 is 23.2 Å². The molecular formula is C20H20N4O3. The van der Waals surface area contributed by atoms with E-state index >= 15 is 0 Å². The molecule has 0 saturated carbocycles. The van der Waals surface area contributed by atoms with Gasteiger partial charge in [0, 0.05) is 35.2 Å². The van der Waals surface area contributed by atoms with Crippen molar-refractivity contribution in [3.05, 3.63) is 71.4 Å². The van der Waals surface area contributed by atoms with Crippen LogP contribution in [0.15, 0.2) is 53.3 Å². The maximum atomic E-state index is 12.7. The first-order chi connectivity index (χ1) is 13.0. The largest absolute Gasteiger partial charge is 0.360 e. The molecule has 7 heteroatoms. The first-order valence-electron chi connectivity index (χ1n) is 8.54. The highest BCUT2D eigenvalue weighted by atomic mass is 16.5. The highest BCUT2D eigenvalue weighted by molar-refractivity contribution is 6.07. The van der Waals surface area contributed by atoms with E-state index in [-0.39, 0.29) is 17.7 Å². The Hall–Kier alpha value is -3.48. The Morgan fingerprint density at radius 3 is 2.26 bits per heavy atom. The number of hydrogen-bond acceptors (Lipinski definition) is 5. The van der Waals surface area contributed by atoms with E-state index in [4.69, 9.17) is 4.52 Å². The van der Waals surface area contributed by atoms with Crippen LogP contribution in [0.4, 0.5) is 11.4 Å². The summed E-state index contributed by atoms with van der Waals surface area (Å²) in [5, 5.41) is 9.53. The molecule has 0 fully saturated rings. The van der Waals surface area contributed by atoms with E-state index < -0.39 is 0 Å². The molecular weight excluding hydrogens is 344 g/mol. The quantitative estimate of drug-likeness (QED) is 0.713. The van der Waals surface area contributed by atoms with E-state index in [2.05, 4.69) is 20.8 Å². The molecule has 0 bridgehead atoms. The van der Waals surface area contributed by atoms with E-state index in [0.29, 0.717) is 34.0 Å². The van der Waals surface area contributed by atoms with Crippen LogP contribution in [-0.4, -0.2) is 22.0 Å². The summed E-state index contributed by atoms with van der Waals surface area (Å²) in [4.78, 5) is 28.8. The lowest BCUT2D eigenvalue weighted by molar-refractivity contribution is 0.101. The normalized spacial score (nSPS) is 10.7. The number of nitrogens with zero attached hydrogens (tertiary/aromatic N) is 2. The van der Waals surface area contributed by atoms with Crippen molar-refractivity contribution in [3.8, 4) is 0 Å². The fourth-order valence-electron chi connectivity index (χ4n) is 2.63. The molecule has 0 saturated heterocycles. The van der Waals surface area contributed by atoms with Crippen molar-refractivity contribution in [2.75, 3.05) is 10.6 Å². The van der Waals surface area contributed by atoms with Gasteiger partial charge in [-0.05, 0) is 37.3 Å². The number of aryl methyl sites for hydroxylation is 1. The Balaban J connectivity index is 1.76. The summed E-state index contributed by atoms with van der Waals surface area (Å²) < 4.78 is 5.27. The van der Waals surface area contributed by atoms with Gasteiger partial charge in [-0.15, -0.1) is 0 Å². The second-order valence-corrected chi connectivity index (χ2v) is 6.39. The lowest BCUT2D eigenvalue weighted by atomic mass is 10.0. The van der Waals surface area contributed by atoms with Gasteiger partial charge in [0.25, 0.3) is 11.8 Å². The molecule has 0 atom stereocenters. The second-order valence-electron chi connectivity index (χ2n) is 6.39. The molecule has 2 aromatic heterocycles. The van der Waals surface area contributed by atoms with Crippen molar-refractivity contribution in [1.29, 1.82) is 0 Å². The van der Waals surface area contributed by atoms with Gasteiger partial charge in [-0.2, -0.15) is 0 Å². The van der Waals surface area contributed by atoms with Gasteiger partial charge in [-0.3, -0.25) is 14.6 Å². The van der Waals surface area contributed by atoms with Crippen LogP contribution < -0.4 is 10.6 Å². The SMILES string of the molecule is Cc1noc(C(C)C)c1C(=O)Nc1cccc(NC(=O)c2ccncc2)c1. The van der Waals surface area contributed by atoms with Crippen molar-refractivity contribution in [3.63, 3.8) is 0 Å². The number of amides is 2. The first-order valence-corrected chi connectivity index (χ1v) is 8.54. The molecule has 2 amide bonds. The zero-order chi connectivity index (χ0) is 19.4. The predicted octanol–water partition coefficient (Wildman–Crippen LogP) is 4.01. The molecule has 0 spiro atoms. The summed E-state index contributed by atoms with van der Waals surface area (Å²) >= 11 is 0. The highest BCUT2D eigenvalue weighted by Crippen LogP contribution is 2.24. The van der Waals surface area contributed by atoms with Gasteiger partial charge in [0.2, 0.25) is 0 Å². The van der Waals surface area contributed by atoms with Crippen LogP contribution in [0.3, 0.4) is 0 Å². The fourth-order valence-corrected chi connectivity index (χ4v) is 2.63. The van der Waals surface area contributed by atoms with Crippen molar-refractivity contribution in [2.45, 2.75) is 26.7 Å². The average Bonchev–Trinajstić information content (AvgIpc) is 3.04. The van der Waals surface area contributed by atoms with Gasteiger partial charge in [0.05, 0.1) is 5.69 Å². The minimum Gasteiger partial charge on any atom is -0.360 e. The van der Waals surface area contributed by atoms with Crippen LogP contribution in [0.2, 0.25) is 0 Å². The minimum absolute atomic E-state index is 0.0398. The maximum absolute atomic E-state index is 12.7. The molecule has 7 nitrogen and oxygen atoms in total. The maximum Gasteiger partial charge on any atom is 0.261 e. The van der Waals surface area contributed by atoms with Gasteiger partial charge >= 0.3 is 0 Å². The molecule has 1 aromatic carbocycles. The van der Waals surface area contributed by atoms with Crippen molar-refractivity contribution < 1.29 is 14.1 Å². The topological polar surface area (TPSA) is 97.1 Å². The summed E-state index contributed by atoms with van der Waals surface area (Å²) in [5.41, 5.74) is 2.61. The molecule has 0 aliphatic heterocycles. The van der Waals surface area contributed by atoms with Crippen LogP contribution in [0.25, 0.3) is 0 Å². The zero-order valence-corrected chi connectivity index (χ0v) is 15.3. The molecule has 27 heavy (non-hydrogen) atoms. The summed E-state index contributed by atoms with van der Waals surface area (Å²) in [6.45, 7) is 5.60. The predicted molar refractivity (Wildman–Crippen MR) is 102 cm³/mol. The molecule has 0 radical (unpaired) electrons. The summed E-state index contributed by atoms with van der Waals surface area (Å²) in [6, 6.07) is 10.2. The molecule has 2 N–H and O–H groups in total. The van der Waals surface area contributed by atoms with Crippen LogP contribution in [0.1, 0.15) is 51.9 Å². The number of carbonyl (C=O) groups excluding carboxylic acids is 2. The highest BCUT2D eigenvalue weighted by Gasteiger charge is 2.22. The third kappa shape index (κ3) is 4.20. The van der Waals surface area contributed by atoms with Gasteiger partial charge in [0.1, 0.15) is 5.56 Å². The summed E-state index contributed by atoms with van der Waals surface area (Å²) in [6.07, 6.45) is 3.11. The van der Waals surface area contributed by atoms with E-state index in [1.165, 1.54) is 0 Å². The average molecular weight is 364 g/mol. The third-order valence-electron chi connectivity index (χ3n) is 3.96. The molecule has 138 valence electrons.